The van der Waals surface area contributed by atoms with Crippen molar-refractivity contribution in [2.45, 2.75) is 12.6 Å². The lowest BCUT2D eigenvalue weighted by molar-refractivity contribution is -0.140. The van der Waals surface area contributed by atoms with Gasteiger partial charge in [-0.15, -0.1) is 5.10 Å². The van der Waals surface area contributed by atoms with E-state index in [1.165, 1.54) is 41.0 Å². The fraction of sp³-hybridized carbons (Fsp3) is 0.231. The number of rotatable bonds is 10. The van der Waals surface area contributed by atoms with Gasteiger partial charge in [-0.1, -0.05) is 29.5 Å². The van der Waals surface area contributed by atoms with Crippen molar-refractivity contribution in [3.63, 3.8) is 0 Å². The van der Waals surface area contributed by atoms with E-state index in [1.807, 2.05) is 24.3 Å². The average molecular weight is 492 g/mol. The molecule has 4 aromatic rings. The third-order valence-electron chi connectivity index (χ3n) is 5.67. The van der Waals surface area contributed by atoms with Crippen LogP contribution >= 0.6 is 0 Å². The second-order valence-electron chi connectivity index (χ2n) is 7.99. The molecule has 1 aromatic heterocycles. The van der Waals surface area contributed by atoms with Gasteiger partial charge < -0.3 is 19.7 Å². The van der Waals surface area contributed by atoms with Crippen LogP contribution in [0.1, 0.15) is 11.6 Å². The highest BCUT2D eigenvalue weighted by atomic mass is 19.1. The second-order valence-corrected chi connectivity index (χ2v) is 7.99. The van der Waals surface area contributed by atoms with Gasteiger partial charge in [0.25, 0.3) is 5.91 Å². The molecule has 2 amide bonds. The molecule has 0 saturated carbocycles. The Labute approximate surface area is 207 Å². The number of methoxy groups -OCH3 is 2. The van der Waals surface area contributed by atoms with E-state index in [2.05, 4.69) is 15.6 Å². The van der Waals surface area contributed by atoms with Crippen LogP contribution in [-0.2, 0) is 20.9 Å². The first-order valence-electron chi connectivity index (χ1n) is 11.3. The zero-order valence-corrected chi connectivity index (χ0v) is 19.9. The summed E-state index contributed by atoms with van der Waals surface area (Å²) in [6.45, 7) is 0.233. The molecular weight excluding hydrogens is 465 g/mol. The number of amides is 2. The first-order valence-corrected chi connectivity index (χ1v) is 11.3. The number of ether oxygens (including phenoxy) is 2. The summed E-state index contributed by atoms with van der Waals surface area (Å²) in [4.78, 5) is 28.6. The summed E-state index contributed by atoms with van der Waals surface area (Å²) in [6, 6.07) is 18.6. The summed E-state index contributed by atoms with van der Waals surface area (Å²) in [7, 11) is 3.07. The number of carbonyl (C=O) groups excluding carboxylic acids is 2. The Bertz CT molecular complexity index is 1320. The number of para-hydroxylation sites is 1. The van der Waals surface area contributed by atoms with Gasteiger partial charge in [0, 0.05) is 19.3 Å². The molecule has 0 bridgehead atoms. The van der Waals surface area contributed by atoms with E-state index < -0.39 is 17.8 Å². The monoisotopic (exact) mass is 491 g/mol. The van der Waals surface area contributed by atoms with Crippen molar-refractivity contribution in [1.82, 2.24) is 19.9 Å². The summed E-state index contributed by atoms with van der Waals surface area (Å²) < 4.78 is 25.4. The number of nitrogens with one attached hydrogen (secondary N) is 1. The van der Waals surface area contributed by atoms with E-state index in [1.54, 1.807) is 31.4 Å². The minimum absolute atomic E-state index is 0.124. The Balaban J connectivity index is 1.68. The molecule has 36 heavy (non-hydrogen) atoms. The van der Waals surface area contributed by atoms with Gasteiger partial charge in [0.2, 0.25) is 5.91 Å². The Morgan fingerprint density at radius 3 is 2.44 bits per heavy atom. The predicted octanol–water partition coefficient (Wildman–Crippen LogP) is 3.43. The van der Waals surface area contributed by atoms with E-state index in [0.717, 1.165) is 0 Å². The van der Waals surface area contributed by atoms with Crippen LogP contribution in [0.4, 0.5) is 10.1 Å². The Morgan fingerprint density at radius 1 is 1.03 bits per heavy atom. The minimum atomic E-state index is -1.00. The molecule has 1 unspecified atom stereocenters. The van der Waals surface area contributed by atoms with Gasteiger partial charge in [0.1, 0.15) is 29.7 Å². The Hall–Kier alpha value is -4.31. The van der Waals surface area contributed by atoms with Gasteiger partial charge >= 0.3 is 0 Å². The Morgan fingerprint density at radius 2 is 1.75 bits per heavy atom. The largest absolute Gasteiger partial charge is 0.497 e. The highest BCUT2D eigenvalue weighted by Gasteiger charge is 2.32. The number of halogens is 1. The van der Waals surface area contributed by atoms with Crippen molar-refractivity contribution < 1.29 is 23.5 Å². The Kier molecular flexibility index (Phi) is 7.86. The third kappa shape index (κ3) is 5.66. The highest BCUT2D eigenvalue weighted by molar-refractivity contribution is 5.98. The summed E-state index contributed by atoms with van der Waals surface area (Å²) in [5, 5.41) is 11.0. The number of aromatic nitrogens is 3. The fourth-order valence-corrected chi connectivity index (χ4v) is 3.84. The lowest BCUT2D eigenvalue weighted by atomic mass is 10.0. The van der Waals surface area contributed by atoms with Gasteiger partial charge in [0.15, 0.2) is 0 Å². The lowest BCUT2D eigenvalue weighted by Crippen LogP contribution is -2.44. The molecule has 1 N–H and O–H groups in total. The van der Waals surface area contributed by atoms with Crippen LogP contribution in [0.5, 0.6) is 5.75 Å². The minimum Gasteiger partial charge on any atom is -0.497 e. The smallest absolute Gasteiger partial charge is 0.251 e. The molecule has 3 aromatic carbocycles. The van der Waals surface area contributed by atoms with Crippen molar-refractivity contribution in [2.75, 3.05) is 32.7 Å². The molecule has 9 nitrogen and oxygen atoms in total. The summed E-state index contributed by atoms with van der Waals surface area (Å²) in [5.74, 6) is -0.616. The number of benzene rings is 3. The zero-order chi connectivity index (χ0) is 25.5. The number of hydrogen-bond acceptors (Lipinski definition) is 6. The number of fused-ring (bicyclic) bond motifs is 1. The van der Waals surface area contributed by atoms with Gasteiger partial charge in [-0.2, -0.15) is 0 Å². The van der Waals surface area contributed by atoms with Gasteiger partial charge in [-0.05, 0) is 54.1 Å². The molecule has 0 saturated heterocycles. The van der Waals surface area contributed by atoms with E-state index in [4.69, 9.17) is 9.47 Å². The molecule has 0 fully saturated rings. The second kappa shape index (κ2) is 11.4. The normalized spacial score (nSPS) is 11.8. The number of anilines is 1. The summed E-state index contributed by atoms with van der Waals surface area (Å²) in [5.41, 5.74) is 2.34. The molecule has 0 radical (unpaired) electrons. The summed E-state index contributed by atoms with van der Waals surface area (Å²) >= 11 is 0. The number of nitrogens with zero attached hydrogens (tertiary/aromatic N) is 4. The molecule has 1 atom stereocenters. The number of hydrogen-bond donors (Lipinski definition) is 1. The average Bonchev–Trinajstić information content (AvgIpc) is 3.30. The molecule has 0 aliphatic rings. The topological polar surface area (TPSA) is 98.6 Å². The van der Waals surface area contributed by atoms with E-state index in [-0.39, 0.29) is 25.6 Å². The zero-order valence-electron chi connectivity index (χ0n) is 19.9. The van der Waals surface area contributed by atoms with Crippen LogP contribution in [0.2, 0.25) is 0 Å². The first-order chi connectivity index (χ1) is 17.5. The molecular formula is C26H26FN5O4. The van der Waals surface area contributed by atoms with Crippen molar-refractivity contribution in [3.05, 3.63) is 84.2 Å². The van der Waals surface area contributed by atoms with Crippen molar-refractivity contribution in [1.29, 1.82) is 0 Å². The van der Waals surface area contributed by atoms with Crippen LogP contribution in [0.3, 0.4) is 0 Å². The molecule has 186 valence electrons. The SMILES string of the molecule is COCCN(C(=O)Cn1nnc2ccccc21)C(C(=O)Nc1ccc(F)cc1)c1ccc(OC)cc1. The maximum absolute atomic E-state index is 13.6. The van der Waals surface area contributed by atoms with E-state index in [0.29, 0.717) is 28.0 Å². The standard InChI is InChI=1S/C26H26FN5O4/c1-35-16-15-31(24(33)17-32-23-6-4-3-5-22(23)29-30-32)25(18-7-13-21(36-2)14-8-18)26(34)28-20-11-9-19(27)10-12-20/h3-14,25H,15-17H2,1-2H3,(H,28,34). The maximum atomic E-state index is 13.6. The van der Waals surface area contributed by atoms with E-state index in [9.17, 15) is 14.0 Å². The maximum Gasteiger partial charge on any atom is 0.251 e. The van der Waals surface area contributed by atoms with Crippen LogP contribution in [0, 0.1) is 5.82 Å². The summed E-state index contributed by atoms with van der Waals surface area (Å²) in [6.07, 6.45) is 0. The van der Waals surface area contributed by atoms with Crippen molar-refractivity contribution in [3.8, 4) is 5.75 Å². The molecule has 0 spiro atoms. The molecule has 1 heterocycles. The van der Waals surface area contributed by atoms with Gasteiger partial charge in [0.05, 0.1) is 19.2 Å². The lowest BCUT2D eigenvalue weighted by Gasteiger charge is -2.31. The predicted molar refractivity (Wildman–Crippen MR) is 132 cm³/mol. The van der Waals surface area contributed by atoms with Gasteiger partial charge in [-0.25, -0.2) is 9.07 Å². The van der Waals surface area contributed by atoms with Crippen LogP contribution in [0.15, 0.2) is 72.8 Å². The third-order valence-corrected chi connectivity index (χ3v) is 5.67. The van der Waals surface area contributed by atoms with Gasteiger partial charge in [-0.3, -0.25) is 9.59 Å². The molecule has 10 heteroatoms. The molecule has 0 aliphatic heterocycles. The fourth-order valence-electron chi connectivity index (χ4n) is 3.84. The highest BCUT2D eigenvalue weighted by Crippen LogP contribution is 2.26. The number of carbonyl (C=O) groups is 2. The van der Waals surface area contributed by atoms with Crippen molar-refractivity contribution in [2.24, 2.45) is 0 Å². The quantitative estimate of drug-likeness (QED) is 0.365. The van der Waals surface area contributed by atoms with Crippen LogP contribution in [-0.4, -0.2) is 59.1 Å². The van der Waals surface area contributed by atoms with Crippen molar-refractivity contribution >= 4 is 28.5 Å². The molecule has 0 aliphatic carbocycles. The van der Waals surface area contributed by atoms with E-state index >= 15 is 0 Å². The first kappa shape index (κ1) is 24.8. The molecule has 4 rings (SSSR count). The van der Waals surface area contributed by atoms with Crippen LogP contribution in [0.25, 0.3) is 11.0 Å². The van der Waals surface area contributed by atoms with Crippen LogP contribution < -0.4 is 10.1 Å².